The summed E-state index contributed by atoms with van der Waals surface area (Å²) in [5.41, 5.74) is -0.976. The maximum absolute atomic E-state index is 12.8. The van der Waals surface area contributed by atoms with Gasteiger partial charge in [0.2, 0.25) is 11.8 Å². The third kappa shape index (κ3) is 2.49. The molecule has 3 aliphatic rings. The minimum Gasteiger partial charge on any atom is -0.277 e. The lowest BCUT2D eigenvalue weighted by atomic mass is 9.71. The Kier molecular flexibility index (Phi) is 3.83. The van der Waals surface area contributed by atoms with Gasteiger partial charge in [-0.25, -0.2) is 4.79 Å². The Morgan fingerprint density at radius 2 is 1.90 bits per heavy atom. The Balaban J connectivity index is 1.79. The molecule has 2 fully saturated rings. The Bertz CT molecular complexity index is 492. The lowest BCUT2D eigenvalue weighted by Crippen LogP contribution is -2.64. The minimum absolute atomic E-state index is 0.259. The second kappa shape index (κ2) is 5.62. The van der Waals surface area contributed by atoms with Crippen molar-refractivity contribution in [2.45, 2.75) is 51.4 Å². The van der Waals surface area contributed by atoms with E-state index in [-0.39, 0.29) is 11.8 Å². The van der Waals surface area contributed by atoms with E-state index in [0.717, 1.165) is 38.5 Å². The van der Waals surface area contributed by atoms with Crippen LogP contribution < -0.4 is 5.32 Å². The first-order chi connectivity index (χ1) is 10.1. The first kappa shape index (κ1) is 14.3. The molecule has 5 heteroatoms. The van der Waals surface area contributed by atoms with Crippen LogP contribution in [0.3, 0.4) is 0 Å². The quantitative estimate of drug-likeness (QED) is 0.627. The van der Waals surface area contributed by atoms with Crippen LogP contribution in [0.2, 0.25) is 0 Å². The topological polar surface area (TPSA) is 66.5 Å². The number of carbonyl (C=O) groups excluding carboxylic acids is 3. The van der Waals surface area contributed by atoms with E-state index in [4.69, 9.17) is 0 Å². The van der Waals surface area contributed by atoms with Crippen LogP contribution in [0.1, 0.15) is 51.4 Å². The third-order valence-electron chi connectivity index (χ3n) is 5.08. The van der Waals surface area contributed by atoms with Gasteiger partial charge in [-0.1, -0.05) is 31.4 Å². The number of imide groups is 2. The number of carbonyl (C=O) groups is 3. The molecule has 5 nitrogen and oxygen atoms in total. The fourth-order valence-electron chi connectivity index (χ4n) is 3.77. The molecule has 1 saturated carbocycles. The molecule has 1 aliphatic heterocycles. The van der Waals surface area contributed by atoms with Crippen molar-refractivity contribution < 1.29 is 14.4 Å². The van der Waals surface area contributed by atoms with Gasteiger partial charge in [0.05, 0.1) is 0 Å². The van der Waals surface area contributed by atoms with E-state index in [9.17, 15) is 14.4 Å². The number of nitrogens with zero attached hydrogens (tertiary/aromatic N) is 1. The predicted molar refractivity (Wildman–Crippen MR) is 77.3 cm³/mol. The average molecular weight is 290 g/mol. The fraction of sp³-hybridized carbons (Fsp3) is 0.688. The monoisotopic (exact) mass is 290 g/mol. The second-order valence-electron chi connectivity index (χ2n) is 6.47. The van der Waals surface area contributed by atoms with Gasteiger partial charge in [0.1, 0.15) is 5.41 Å². The summed E-state index contributed by atoms with van der Waals surface area (Å²) in [6.45, 7) is 0.435. The summed E-state index contributed by atoms with van der Waals surface area (Å²) < 4.78 is 0. The standard InChI is InChI=1S/C16H22N2O3/c19-13-16(9-5-2-6-10-16)14(20)18(15(21)17-13)11-12-7-3-1-4-8-12/h1,3,12H,2,4-11H2,(H,17,19,21). The van der Waals surface area contributed by atoms with Crippen LogP contribution in [0.25, 0.3) is 0 Å². The highest BCUT2D eigenvalue weighted by atomic mass is 16.2. The molecular weight excluding hydrogens is 268 g/mol. The van der Waals surface area contributed by atoms with Gasteiger partial charge in [-0.2, -0.15) is 0 Å². The van der Waals surface area contributed by atoms with Crippen molar-refractivity contribution in [3.63, 3.8) is 0 Å². The van der Waals surface area contributed by atoms with E-state index < -0.39 is 11.4 Å². The Hall–Kier alpha value is -1.65. The summed E-state index contributed by atoms with van der Waals surface area (Å²) in [5.74, 6) is -0.318. The third-order valence-corrected chi connectivity index (χ3v) is 5.08. The summed E-state index contributed by atoms with van der Waals surface area (Å²) >= 11 is 0. The SMILES string of the molecule is O=C1NC(=O)C2(CCCCC2)C(=O)N1CC1CC=CCC1. The summed E-state index contributed by atoms with van der Waals surface area (Å²) in [6, 6.07) is -0.532. The summed E-state index contributed by atoms with van der Waals surface area (Å²) in [7, 11) is 0. The van der Waals surface area contributed by atoms with E-state index in [1.165, 1.54) is 4.90 Å². The van der Waals surface area contributed by atoms with Crippen LogP contribution >= 0.6 is 0 Å². The zero-order chi connectivity index (χ0) is 14.9. The van der Waals surface area contributed by atoms with Crippen molar-refractivity contribution in [2.75, 3.05) is 6.54 Å². The summed E-state index contributed by atoms with van der Waals surface area (Å²) in [6.07, 6.45) is 11.1. The van der Waals surface area contributed by atoms with Gasteiger partial charge in [-0.3, -0.25) is 19.8 Å². The van der Waals surface area contributed by atoms with Crippen LogP contribution in [0.15, 0.2) is 12.2 Å². The van der Waals surface area contributed by atoms with Crippen molar-refractivity contribution >= 4 is 17.8 Å². The Labute approximate surface area is 124 Å². The number of hydrogen-bond acceptors (Lipinski definition) is 3. The van der Waals surface area contributed by atoms with E-state index in [2.05, 4.69) is 17.5 Å². The molecule has 4 amide bonds. The molecule has 0 radical (unpaired) electrons. The number of allylic oxidation sites excluding steroid dienone is 2. The molecule has 1 unspecified atom stereocenters. The Morgan fingerprint density at radius 1 is 1.14 bits per heavy atom. The summed E-state index contributed by atoms with van der Waals surface area (Å²) in [4.78, 5) is 38.4. The predicted octanol–water partition coefficient (Wildman–Crippen LogP) is 2.37. The van der Waals surface area contributed by atoms with E-state index >= 15 is 0 Å². The van der Waals surface area contributed by atoms with Crippen molar-refractivity contribution in [1.29, 1.82) is 0 Å². The van der Waals surface area contributed by atoms with Crippen molar-refractivity contribution in [3.8, 4) is 0 Å². The number of hydrogen-bond donors (Lipinski definition) is 1. The second-order valence-corrected chi connectivity index (χ2v) is 6.47. The van der Waals surface area contributed by atoms with Crippen LogP contribution in [-0.4, -0.2) is 29.3 Å². The highest BCUT2D eigenvalue weighted by Crippen LogP contribution is 2.40. The van der Waals surface area contributed by atoms with Crippen LogP contribution in [-0.2, 0) is 9.59 Å². The molecule has 1 N–H and O–H groups in total. The van der Waals surface area contributed by atoms with Gasteiger partial charge in [-0.05, 0) is 38.0 Å². The van der Waals surface area contributed by atoms with Crippen molar-refractivity contribution in [1.82, 2.24) is 10.2 Å². The molecule has 3 rings (SSSR count). The minimum atomic E-state index is -0.976. The van der Waals surface area contributed by atoms with Gasteiger partial charge < -0.3 is 0 Å². The fourth-order valence-corrected chi connectivity index (χ4v) is 3.77. The first-order valence-electron chi connectivity index (χ1n) is 7.96. The number of nitrogens with one attached hydrogen (secondary N) is 1. The first-order valence-corrected chi connectivity index (χ1v) is 7.96. The molecule has 21 heavy (non-hydrogen) atoms. The largest absolute Gasteiger partial charge is 0.330 e. The van der Waals surface area contributed by atoms with Gasteiger partial charge in [-0.15, -0.1) is 0 Å². The number of amides is 4. The molecule has 0 bridgehead atoms. The Morgan fingerprint density at radius 3 is 2.57 bits per heavy atom. The zero-order valence-corrected chi connectivity index (χ0v) is 12.3. The van der Waals surface area contributed by atoms with Crippen LogP contribution in [0.4, 0.5) is 4.79 Å². The van der Waals surface area contributed by atoms with Gasteiger partial charge in [0.25, 0.3) is 0 Å². The molecule has 1 atom stereocenters. The smallest absolute Gasteiger partial charge is 0.277 e. The summed E-state index contributed by atoms with van der Waals surface area (Å²) in [5, 5.41) is 2.42. The van der Waals surface area contributed by atoms with Gasteiger partial charge in [0, 0.05) is 6.54 Å². The van der Waals surface area contributed by atoms with Crippen molar-refractivity contribution in [2.24, 2.45) is 11.3 Å². The van der Waals surface area contributed by atoms with Gasteiger partial charge in [0.15, 0.2) is 0 Å². The highest BCUT2D eigenvalue weighted by Gasteiger charge is 2.53. The normalized spacial score (nSPS) is 28.9. The number of urea groups is 1. The maximum atomic E-state index is 12.8. The molecule has 0 aromatic rings. The van der Waals surface area contributed by atoms with Crippen molar-refractivity contribution in [3.05, 3.63) is 12.2 Å². The number of rotatable bonds is 2. The van der Waals surface area contributed by atoms with Gasteiger partial charge >= 0.3 is 6.03 Å². The molecular formula is C16H22N2O3. The zero-order valence-electron chi connectivity index (χ0n) is 12.3. The lowest BCUT2D eigenvalue weighted by Gasteiger charge is -2.42. The molecule has 114 valence electrons. The van der Waals surface area contributed by atoms with Crippen LogP contribution in [0.5, 0.6) is 0 Å². The molecule has 1 heterocycles. The molecule has 1 saturated heterocycles. The average Bonchev–Trinajstić information content (AvgIpc) is 2.52. The van der Waals surface area contributed by atoms with E-state index in [1.807, 2.05) is 0 Å². The van der Waals surface area contributed by atoms with E-state index in [1.54, 1.807) is 0 Å². The van der Waals surface area contributed by atoms with Crippen LogP contribution in [0, 0.1) is 11.3 Å². The highest BCUT2D eigenvalue weighted by molar-refractivity contribution is 6.19. The lowest BCUT2D eigenvalue weighted by molar-refractivity contribution is -0.154. The van der Waals surface area contributed by atoms with E-state index in [0.29, 0.717) is 25.3 Å². The number of barbiturate groups is 1. The molecule has 2 aliphatic carbocycles. The molecule has 0 aromatic heterocycles. The molecule has 1 spiro atoms. The maximum Gasteiger partial charge on any atom is 0.330 e. The molecule has 0 aromatic carbocycles.